The van der Waals surface area contributed by atoms with Crippen LogP contribution in [0.4, 0.5) is 0 Å². The van der Waals surface area contributed by atoms with Crippen LogP contribution in [0.15, 0.2) is 22.8 Å². The number of carboxylic acid groups (broad SMARTS) is 1. The summed E-state index contributed by atoms with van der Waals surface area (Å²) in [6, 6.07) is 3.42. The van der Waals surface area contributed by atoms with Crippen molar-refractivity contribution in [2.24, 2.45) is 0 Å². The van der Waals surface area contributed by atoms with Gasteiger partial charge in [0.25, 0.3) is 0 Å². The summed E-state index contributed by atoms with van der Waals surface area (Å²) in [5.41, 5.74) is 1.83. The minimum Gasteiger partial charge on any atom is -0.478 e. The van der Waals surface area contributed by atoms with Gasteiger partial charge in [0.1, 0.15) is 0 Å². The first-order chi connectivity index (χ1) is 6.58. The summed E-state index contributed by atoms with van der Waals surface area (Å²) in [5, 5.41) is 13.0. The molecular weight excluding hydrogens is 248 g/mol. The number of carbonyl (C=O) groups is 1. The standard InChI is InChI=1S/C9H7BrN2O2/c1-5-8(10)3-7-2-6(9(13)14)4-12(7)11-5/h2-4H,1H3,(H,13,14). The van der Waals surface area contributed by atoms with Crippen LogP contribution in [0.5, 0.6) is 0 Å². The molecule has 72 valence electrons. The summed E-state index contributed by atoms with van der Waals surface area (Å²) in [6.45, 7) is 1.85. The van der Waals surface area contributed by atoms with Gasteiger partial charge in [-0.3, -0.25) is 0 Å². The van der Waals surface area contributed by atoms with Gasteiger partial charge in [-0.25, -0.2) is 9.31 Å². The molecule has 2 aromatic rings. The molecule has 2 aromatic heterocycles. The summed E-state index contributed by atoms with van der Waals surface area (Å²) in [4.78, 5) is 10.7. The Kier molecular flexibility index (Phi) is 2.03. The highest BCUT2D eigenvalue weighted by Gasteiger charge is 2.08. The molecule has 0 aliphatic heterocycles. The van der Waals surface area contributed by atoms with Crippen molar-refractivity contribution in [2.45, 2.75) is 6.92 Å². The van der Waals surface area contributed by atoms with Gasteiger partial charge in [-0.15, -0.1) is 0 Å². The molecule has 5 heteroatoms. The lowest BCUT2D eigenvalue weighted by molar-refractivity contribution is 0.0697. The molecule has 0 atom stereocenters. The zero-order valence-electron chi connectivity index (χ0n) is 7.36. The second-order valence-corrected chi connectivity index (χ2v) is 3.84. The van der Waals surface area contributed by atoms with Crippen LogP contribution in [0, 0.1) is 6.92 Å². The van der Waals surface area contributed by atoms with Crippen molar-refractivity contribution < 1.29 is 9.90 Å². The number of hydrogen-bond acceptors (Lipinski definition) is 2. The quantitative estimate of drug-likeness (QED) is 0.848. The number of hydrogen-bond donors (Lipinski definition) is 1. The summed E-state index contributed by atoms with van der Waals surface area (Å²) in [6.07, 6.45) is 1.50. The highest BCUT2D eigenvalue weighted by molar-refractivity contribution is 9.10. The first kappa shape index (κ1) is 9.21. The molecule has 2 rings (SSSR count). The molecule has 0 bridgehead atoms. The summed E-state index contributed by atoms with van der Waals surface area (Å²) < 4.78 is 2.43. The lowest BCUT2D eigenvalue weighted by Crippen LogP contribution is -1.94. The normalized spacial score (nSPS) is 10.7. The van der Waals surface area contributed by atoms with Crippen molar-refractivity contribution in [3.8, 4) is 0 Å². The van der Waals surface area contributed by atoms with Gasteiger partial charge < -0.3 is 5.11 Å². The molecule has 0 fully saturated rings. The molecule has 0 aliphatic carbocycles. The van der Waals surface area contributed by atoms with E-state index in [0.29, 0.717) is 0 Å². The minimum absolute atomic E-state index is 0.245. The molecule has 14 heavy (non-hydrogen) atoms. The SMILES string of the molecule is Cc1nn2cc(C(=O)O)cc2cc1Br. The Labute approximate surface area is 88.3 Å². The number of nitrogens with zero attached hydrogens (tertiary/aromatic N) is 2. The van der Waals surface area contributed by atoms with E-state index < -0.39 is 5.97 Å². The largest absolute Gasteiger partial charge is 0.478 e. The second-order valence-electron chi connectivity index (χ2n) is 2.98. The van der Waals surface area contributed by atoms with Gasteiger partial charge in [0, 0.05) is 10.7 Å². The van der Waals surface area contributed by atoms with Crippen molar-refractivity contribution in [2.75, 3.05) is 0 Å². The zero-order valence-corrected chi connectivity index (χ0v) is 8.95. The maximum Gasteiger partial charge on any atom is 0.337 e. The monoisotopic (exact) mass is 254 g/mol. The predicted molar refractivity (Wildman–Crippen MR) is 54.6 cm³/mol. The van der Waals surface area contributed by atoms with Gasteiger partial charge >= 0.3 is 5.97 Å². The van der Waals surface area contributed by atoms with Crippen molar-refractivity contribution in [3.63, 3.8) is 0 Å². The fourth-order valence-corrected chi connectivity index (χ4v) is 1.54. The van der Waals surface area contributed by atoms with E-state index in [9.17, 15) is 4.79 Å². The van der Waals surface area contributed by atoms with Crippen LogP contribution >= 0.6 is 15.9 Å². The Hall–Kier alpha value is -1.36. The molecule has 0 saturated heterocycles. The van der Waals surface area contributed by atoms with Crippen molar-refractivity contribution in [3.05, 3.63) is 34.1 Å². The summed E-state index contributed by atoms with van der Waals surface area (Å²) in [5.74, 6) is -0.940. The molecule has 1 N–H and O–H groups in total. The first-order valence-electron chi connectivity index (χ1n) is 3.97. The van der Waals surface area contributed by atoms with E-state index >= 15 is 0 Å². The zero-order chi connectivity index (χ0) is 10.3. The van der Waals surface area contributed by atoms with Crippen molar-refractivity contribution in [1.29, 1.82) is 0 Å². The number of halogens is 1. The van der Waals surface area contributed by atoms with Gasteiger partial charge in [0.15, 0.2) is 0 Å². The molecule has 0 spiro atoms. The number of fused-ring (bicyclic) bond motifs is 1. The average molecular weight is 255 g/mol. The van der Waals surface area contributed by atoms with E-state index in [1.54, 1.807) is 10.6 Å². The van der Waals surface area contributed by atoms with E-state index in [2.05, 4.69) is 21.0 Å². The third-order valence-corrected chi connectivity index (χ3v) is 2.76. The molecule has 0 unspecified atom stereocenters. The van der Waals surface area contributed by atoms with E-state index in [0.717, 1.165) is 15.7 Å². The maximum atomic E-state index is 10.7. The number of aromatic carboxylic acids is 1. The van der Waals surface area contributed by atoms with Gasteiger partial charge in [-0.2, -0.15) is 5.10 Å². The fraction of sp³-hybridized carbons (Fsp3) is 0.111. The van der Waals surface area contributed by atoms with E-state index in [-0.39, 0.29) is 5.56 Å². The lowest BCUT2D eigenvalue weighted by atomic mass is 10.3. The molecular formula is C9H7BrN2O2. The highest BCUT2D eigenvalue weighted by atomic mass is 79.9. The topological polar surface area (TPSA) is 54.6 Å². The van der Waals surface area contributed by atoms with Gasteiger partial charge in [-0.1, -0.05) is 0 Å². The van der Waals surface area contributed by atoms with Crippen LogP contribution in [0.2, 0.25) is 0 Å². The van der Waals surface area contributed by atoms with Crippen molar-refractivity contribution in [1.82, 2.24) is 9.61 Å². The number of carboxylic acids is 1. The Morgan fingerprint density at radius 2 is 2.29 bits per heavy atom. The molecule has 0 amide bonds. The van der Waals surface area contributed by atoms with Crippen LogP contribution < -0.4 is 0 Å². The van der Waals surface area contributed by atoms with Crippen molar-refractivity contribution >= 4 is 27.4 Å². The van der Waals surface area contributed by atoms with Crippen LogP contribution in [-0.4, -0.2) is 20.7 Å². The fourth-order valence-electron chi connectivity index (χ4n) is 1.22. The molecule has 2 heterocycles. The second kappa shape index (κ2) is 3.09. The third kappa shape index (κ3) is 1.39. The predicted octanol–water partition coefficient (Wildman–Crippen LogP) is 2.10. The number of aryl methyl sites for hydroxylation is 1. The Morgan fingerprint density at radius 1 is 1.57 bits per heavy atom. The number of rotatable bonds is 1. The first-order valence-corrected chi connectivity index (χ1v) is 4.76. The maximum absolute atomic E-state index is 10.7. The van der Waals surface area contributed by atoms with Gasteiger partial charge in [0.2, 0.25) is 0 Å². The van der Waals surface area contributed by atoms with E-state index in [1.807, 2.05) is 13.0 Å². The molecule has 0 saturated carbocycles. The average Bonchev–Trinajstić information content (AvgIpc) is 2.48. The van der Waals surface area contributed by atoms with Crippen LogP contribution in [0.25, 0.3) is 5.52 Å². The van der Waals surface area contributed by atoms with Crippen LogP contribution in [0.3, 0.4) is 0 Å². The van der Waals surface area contributed by atoms with E-state index in [4.69, 9.17) is 5.11 Å². The van der Waals surface area contributed by atoms with Gasteiger partial charge in [-0.05, 0) is 35.0 Å². The highest BCUT2D eigenvalue weighted by Crippen LogP contribution is 2.17. The number of aromatic nitrogens is 2. The Bertz CT molecular complexity index is 480. The Balaban J connectivity index is 2.72. The molecule has 0 radical (unpaired) electrons. The van der Waals surface area contributed by atoms with Crippen LogP contribution in [-0.2, 0) is 0 Å². The molecule has 4 nitrogen and oxygen atoms in total. The lowest BCUT2D eigenvalue weighted by Gasteiger charge is -1.97. The summed E-state index contributed by atoms with van der Waals surface area (Å²) >= 11 is 3.34. The summed E-state index contributed by atoms with van der Waals surface area (Å²) in [7, 11) is 0. The van der Waals surface area contributed by atoms with Gasteiger partial charge in [0.05, 0.1) is 16.8 Å². The smallest absolute Gasteiger partial charge is 0.337 e. The molecule has 0 aromatic carbocycles. The third-order valence-electron chi connectivity index (χ3n) is 1.95. The minimum atomic E-state index is -0.940. The van der Waals surface area contributed by atoms with Crippen LogP contribution in [0.1, 0.15) is 16.1 Å². The molecule has 0 aliphatic rings. The Morgan fingerprint density at radius 3 is 2.93 bits per heavy atom. The van der Waals surface area contributed by atoms with E-state index in [1.165, 1.54) is 6.20 Å².